The van der Waals surface area contributed by atoms with Crippen molar-refractivity contribution in [2.45, 2.75) is 0 Å². The van der Waals surface area contributed by atoms with Gasteiger partial charge in [0.15, 0.2) is 5.11 Å². The van der Waals surface area contributed by atoms with Gasteiger partial charge in [0.25, 0.3) is 11.8 Å². The van der Waals surface area contributed by atoms with Gasteiger partial charge < -0.3 is 15.4 Å². The second-order valence-corrected chi connectivity index (χ2v) is 7.00. The van der Waals surface area contributed by atoms with Crippen molar-refractivity contribution in [2.75, 3.05) is 17.7 Å². The molecule has 0 aliphatic heterocycles. The van der Waals surface area contributed by atoms with E-state index in [9.17, 15) is 9.59 Å². The minimum Gasteiger partial charge on any atom is -0.497 e. The minimum atomic E-state index is -0.261. The fourth-order valence-electron chi connectivity index (χ4n) is 2.32. The van der Waals surface area contributed by atoms with Gasteiger partial charge >= 0.3 is 0 Å². The van der Waals surface area contributed by atoms with Crippen molar-refractivity contribution >= 4 is 51.9 Å². The van der Waals surface area contributed by atoms with Gasteiger partial charge in [-0.05, 0) is 72.2 Å². The molecule has 0 radical (unpaired) electrons. The second kappa shape index (κ2) is 9.12. The average molecular weight is 412 g/mol. The van der Waals surface area contributed by atoms with Crippen molar-refractivity contribution in [3.63, 3.8) is 0 Å². The molecule has 6 nitrogen and oxygen atoms in total. The van der Waals surface area contributed by atoms with Crippen LogP contribution < -0.4 is 20.7 Å². The molecule has 0 aliphatic rings. The predicted molar refractivity (Wildman–Crippen MR) is 115 cm³/mol. The van der Waals surface area contributed by atoms with Gasteiger partial charge in [0.1, 0.15) is 5.75 Å². The van der Waals surface area contributed by atoms with Gasteiger partial charge in [-0.25, -0.2) is 0 Å². The molecule has 28 heavy (non-hydrogen) atoms. The molecule has 0 atom stereocenters. The summed E-state index contributed by atoms with van der Waals surface area (Å²) in [6.07, 6.45) is 0. The molecule has 1 heterocycles. The van der Waals surface area contributed by atoms with Crippen LogP contribution in [0.3, 0.4) is 0 Å². The summed E-state index contributed by atoms with van der Waals surface area (Å²) in [5.74, 6) is 0.226. The van der Waals surface area contributed by atoms with E-state index in [4.69, 9.17) is 17.0 Å². The first-order chi connectivity index (χ1) is 13.5. The summed E-state index contributed by atoms with van der Waals surface area (Å²) in [5, 5.41) is 10.4. The maximum atomic E-state index is 12.3. The zero-order chi connectivity index (χ0) is 19.9. The summed E-state index contributed by atoms with van der Waals surface area (Å²) in [6.45, 7) is 0. The van der Waals surface area contributed by atoms with E-state index in [0.29, 0.717) is 21.8 Å². The zero-order valence-electron chi connectivity index (χ0n) is 14.9. The lowest BCUT2D eigenvalue weighted by Crippen LogP contribution is -2.33. The van der Waals surface area contributed by atoms with Crippen LogP contribution in [0.25, 0.3) is 0 Å². The third-order valence-corrected chi connectivity index (χ3v) is 4.80. The van der Waals surface area contributed by atoms with E-state index in [1.165, 1.54) is 11.3 Å². The van der Waals surface area contributed by atoms with Crippen LogP contribution in [-0.4, -0.2) is 24.0 Å². The average Bonchev–Trinajstić information content (AvgIpc) is 3.24. The van der Waals surface area contributed by atoms with E-state index in [1.807, 2.05) is 5.38 Å². The molecule has 3 aromatic rings. The molecule has 142 valence electrons. The molecule has 0 fully saturated rings. The number of nitrogens with one attached hydrogen (secondary N) is 3. The highest BCUT2D eigenvalue weighted by atomic mass is 32.1. The quantitative estimate of drug-likeness (QED) is 0.550. The Bertz CT molecular complexity index is 969. The number of rotatable bonds is 5. The summed E-state index contributed by atoms with van der Waals surface area (Å²) >= 11 is 6.49. The monoisotopic (exact) mass is 411 g/mol. The molecule has 0 aliphatic carbocycles. The smallest absolute Gasteiger partial charge is 0.267 e. The summed E-state index contributed by atoms with van der Waals surface area (Å²) in [4.78, 5) is 24.9. The first-order valence-electron chi connectivity index (χ1n) is 8.26. The van der Waals surface area contributed by atoms with Crippen LogP contribution in [0, 0.1) is 0 Å². The molecular formula is C20H17N3O3S2. The van der Waals surface area contributed by atoms with Crippen LogP contribution in [0.1, 0.15) is 20.0 Å². The lowest BCUT2D eigenvalue weighted by Gasteiger charge is -2.10. The van der Waals surface area contributed by atoms with E-state index in [1.54, 1.807) is 67.8 Å². The second-order valence-electron chi connectivity index (χ2n) is 5.65. The van der Waals surface area contributed by atoms with Gasteiger partial charge in [-0.1, -0.05) is 6.07 Å². The Morgan fingerprint density at radius 2 is 1.54 bits per heavy atom. The van der Waals surface area contributed by atoms with Crippen molar-refractivity contribution in [3.05, 3.63) is 76.5 Å². The number of anilines is 2. The molecule has 1 aromatic heterocycles. The third kappa shape index (κ3) is 5.15. The lowest BCUT2D eigenvalue weighted by molar-refractivity contribution is 0.0980. The number of benzene rings is 2. The maximum Gasteiger partial charge on any atom is 0.267 e. The normalized spacial score (nSPS) is 10.0. The summed E-state index contributed by atoms with van der Waals surface area (Å²) in [6, 6.07) is 17.4. The summed E-state index contributed by atoms with van der Waals surface area (Å²) in [7, 11) is 1.59. The highest BCUT2D eigenvalue weighted by Gasteiger charge is 2.10. The molecule has 0 spiro atoms. The molecule has 0 saturated heterocycles. The lowest BCUT2D eigenvalue weighted by atomic mass is 10.2. The zero-order valence-corrected chi connectivity index (χ0v) is 16.5. The van der Waals surface area contributed by atoms with E-state index in [-0.39, 0.29) is 16.9 Å². The van der Waals surface area contributed by atoms with Crippen LogP contribution in [0.4, 0.5) is 11.4 Å². The molecule has 3 N–H and O–H groups in total. The van der Waals surface area contributed by atoms with Gasteiger partial charge in [0.05, 0.1) is 12.0 Å². The predicted octanol–water partition coefficient (Wildman–Crippen LogP) is 4.14. The van der Waals surface area contributed by atoms with E-state index >= 15 is 0 Å². The van der Waals surface area contributed by atoms with Crippen molar-refractivity contribution in [2.24, 2.45) is 0 Å². The molecule has 2 aromatic carbocycles. The van der Waals surface area contributed by atoms with Crippen LogP contribution in [0.15, 0.2) is 66.0 Å². The fourth-order valence-corrected chi connectivity index (χ4v) is 3.15. The Kier molecular flexibility index (Phi) is 6.36. The number of carbonyl (C=O) groups excluding carboxylic acids is 2. The van der Waals surface area contributed by atoms with Crippen molar-refractivity contribution in [1.29, 1.82) is 0 Å². The Morgan fingerprint density at radius 1 is 0.893 bits per heavy atom. The first-order valence-corrected chi connectivity index (χ1v) is 9.55. The number of thiocarbonyl (C=S) groups is 1. The van der Waals surface area contributed by atoms with E-state index < -0.39 is 0 Å². The molecule has 0 saturated carbocycles. The van der Waals surface area contributed by atoms with E-state index in [2.05, 4.69) is 16.0 Å². The topological polar surface area (TPSA) is 79.5 Å². The van der Waals surface area contributed by atoms with Crippen LogP contribution >= 0.6 is 23.6 Å². The minimum absolute atomic E-state index is 0.189. The molecule has 8 heteroatoms. The van der Waals surface area contributed by atoms with Crippen LogP contribution in [-0.2, 0) is 0 Å². The summed E-state index contributed by atoms with van der Waals surface area (Å²) in [5.41, 5.74) is 1.83. The van der Waals surface area contributed by atoms with Gasteiger partial charge in [-0.2, -0.15) is 0 Å². The Labute approximate surface area is 171 Å². The third-order valence-electron chi connectivity index (χ3n) is 3.72. The number of thiophene rings is 1. The van der Waals surface area contributed by atoms with Gasteiger partial charge in [-0.15, -0.1) is 11.3 Å². The SMILES string of the molecule is COc1ccc(NC(=O)c2ccc(NC(=S)NC(=O)c3cccs3)cc2)cc1. The van der Waals surface area contributed by atoms with Crippen molar-refractivity contribution in [3.8, 4) is 5.75 Å². The highest BCUT2D eigenvalue weighted by Crippen LogP contribution is 2.17. The summed E-state index contributed by atoms with van der Waals surface area (Å²) < 4.78 is 5.09. The van der Waals surface area contributed by atoms with Gasteiger partial charge in [0.2, 0.25) is 0 Å². The molecule has 2 amide bonds. The van der Waals surface area contributed by atoms with Crippen LogP contribution in [0.5, 0.6) is 5.75 Å². The molecular weight excluding hydrogens is 394 g/mol. The number of carbonyl (C=O) groups is 2. The fraction of sp³-hybridized carbons (Fsp3) is 0.0500. The number of hydrogen-bond acceptors (Lipinski definition) is 5. The van der Waals surface area contributed by atoms with Gasteiger partial charge in [-0.3, -0.25) is 14.9 Å². The Balaban J connectivity index is 1.55. The largest absolute Gasteiger partial charge is 0.497 e. The Hall–Kier alpha value is -3.23. The molecule has 0 bridgehead atoms. The Morgan fingerprint density at radius 3 is 2.14 bits per heavy atom. The number of amides is 2. The van der Waals surface area contributed by atoms with Crippen molar-refractivity contribution in [1.82, 2.24) is 5.32 Å². The van der Waals surface area contributed by atoms with Crippen molar-refractivity contribution < 1.29 is 14.3 Å². The van der Waals surface area contributed by atoms with E-state index in [0.717, 1.165) is 5.75 Å². The highest BCUT2D eigenvalue weighted by molar-refractivity contribution is 7.80. The van der Waals surface area contributed by atoms with Crippen LogP contribution in [0.2, 0.25) is 0 Å². The number of methoxy groups -OCH3 is 1. The molecule has 0 unspecified atom stereocenters. The number of hydrogen-bond donors (Lipinski definition) is 3. The van der Waals surface area contributed by atoms with Gasteiger partial charge in [0, 0.05) is 16.9 Å². The standard InChI is InChI=1S/C20H17N3O3S2/c1-26-16-10-8-14(9-11-16)21-18(24)13-4-6-15(7-5-13)22-20(27)23-19(25)17-3-2-12-28-17/h2-12H,1H3,(H,21,24)(H2,22,23,25,27). The maximum absolute atomic E-state index is 12.3. The first kappa shape index (κ1) is 19.5. The molecule has 3 rings (SSSR count). The number of ether oxygens (including phenoxy) is 1.